The molecule has 1 unspecified atom stereocenters. The normalized spacial score (nSPS) is 12.6. The van der Waals surface area contributed by atoms with E-state index >= 15 is 0 Å². The van der Waals surface area contributed by atoms with Crippen molar-refractivity contribution in [3.8, 4) is 0 Å². The molecule has 102 valence electrons. The monoisotopic (exact) mass is 266 g/mol. The van der Waals surface area contributed by atoms with E-state index in [0.29, 0.717) is 12.0 Å². The number of nitrogens with zero attached hydrogens (tertiary/aromatic N) is 3. The van der Waals surface area contributed by atoms with Gasteiger partial charge in [0.05, 0.1) is 0 Å². The van der Waals surface area contributed by atoms with Crippen LogP contribution in [0.25, 0.3) is 0 Å². The van der Waals surface area contributed by atoms with Crippen LogP contribution in [0.4, 0.5) is 8.78 Å². The molecule has 19 heavy (non-hydrogen) atoms. The molecule has 2 rings (SSSR count). The summed E-state index contributed by atoms with van der Waals surface area (Å²) >= 11 is 0. The summed E-state index contributed by atoms with van der Waals surface area (Å²) < 4.78 is 27.9. The molecule has 0 aliphatic rings. The van der Waals surface area contributed by atoms with Gasteiger partial charge in [-0.25, -0.2) is 13.8 Å². The van der Waals surface area contributed by atoms with Crippen molar-refractivity contribution in [1.29, 1.82) is 0 Å². The van der Waals surface area contributed by atoms with Crippen molar-refractivity contribution in [2.24, 2.45) is 7.05 Å². The van der Waals surface area contributed by atoms with E-state index in [-0.39, 0.29) is 6.04 Å². The van der Waals surface area contributed by atoms with Crippen LogP contribution < -0.4 is 5.32 Å². The Morgan fingerprint density at radius 2 is 2.11 bits per heavy atom. The van der Waals surface area contributed by atoms with Gasteiger partial charge in [0, 0.05) is 19.5 Å². The van der Waals surface area contributed by atoms with Gasteiger partial charge in [0.2, 0.25) is 0 Å². The standard InChI is InChI=1S/C13H16F2N4/c1-3-16-12(7-13-17-8-18-19(13)2)9-4-5-10(14)11(15)6-9/h4-6,8,12,16H,3,7H2,1-2H3. The summed E-state index contributed by atoms with van der Waals surface area (Å²) in [6.07, 6.45) is 2.04. The van der Waals surface area contributed by atoms with Gasteiger partial charge < -0.3 is 5.32 Å². The molecule has 1 heterocycles. The minimum Gasteiger partial charge on any atom is -0.310 e. The highest BCUT2D eigenvalue weighted by Gasteiger charge is 2.16. The molecule has 1 atom stereocenters. The largest absolute Gasteiger partial charge is 0.310 e. The smallest absolute Gasteiger partial charge is 0.159 e. The van der Waals surface area contributed by atoms with Gasteiger partial charge in [-0.3, -0.25) is 4.68 Å². The molecule has 0 radical (unpaired) electrons. The second-order valence-electron chi connectivity index (χ2n) is 4.29. The zero-order chi connectivity index (χ0) is 13.8. The van der Waals surface area contributed by atoms with E-state index in [9.17, 15) is 8.78 Å². The summed E-state index contributed by atoms with van der Waals surface area (Å²) in [4.78, 5) is 4.15. The van der Waals surface area contributed by atoms with Crippen LogP contribution in [-0.4, -0.2) is 21.3 Å². The number of hydrogen-bond acceptors (Lipinski definition) is 3. The molecular weight excluding hydrogens is 250 g/mol. The lowest BCUT2D eigenvalue weighted by Crippen LogP contribution is -2.24. The van der Waals surface area contributed by atoms with E-state index in [2.05, 4.69) is 15.4 Å². The van der Waals surface area contributed by atoms with Crippen LogP contribution in [0, 0.1) is 11.6 Å². The van der Waals surface area contributed by atoms with Crippen molar-refractivity contribution in [2.45, 2.75) is 19.4 Å². The molecule has 1 N–H and O–H groups in total. The first-order chi connectivity index (χ1) is 9.11. The number of rotatable bonds is 5. The molecule has 0 saturated carbocycles. The zero-order valence-corrected chi connectivity index (χ0v) is 10.9. The first-order valence-electron chi connectivity index (χ1n) is 6.13. The van der Waals surface area contributed by atoms with E-state index in [1.165, 1.54) is 12.4 Å². The summed E-state index contributed by atoms with van der Waals surface area (Å²) in [7, 11) is 1.80. The fraction of sp³-hybridized carbons (Fsp3) is 0.385. The maximum atomic E-state index is 13.3. The van der Waals surface area contributed by atoms with Crippen LogP contribution in [0.3, 0.4) is 0 Å². The SMILES string of the molecule is CCNC(Cc1ncnn1C)c1ccc(F)c(F)c1. The third-order valence-electron chi connectivity index (χ3n) is 2.99. The van der Waals surface area contributed by atoms with Crippen molar-refractivity contribution < 1.29 is 8.78 Å². The Bertz CT molecular complexity index is 553. The number of hydrogen-bond donors (Lipinski definition) is 1. The van der Waals surface area contributed by atoms with Gasteiger partial charge in [-0.1, -0.05) is 13.0 Å². The molecule has 0 amide bonds. The number of nitrogens with one attached hydrogen (secondary N) is 1. The first-order valence-corrected chi connectivity index (χ1v) is 6.13. The van der Waals surface area contributed by atoms with E-state index in [1.807, 2.05) is 6.92 Å². The molecule has 6 heteroatoms. The fourth-order valence-electron chi connectivity index (χ4n) is 1.97. The average molecular weight is 266 g/mol. The zero-order valence-electron chi connectivity index (χ0n) is 10.9. The maximum absolute atomic E-state index is 13.3. The molecule has 0 bridgehead atoms. The fourth-order valence-corrected chi connectivity index (χ4v) is 1.97. The van der Waals surface area contributed by atoms with Gasteiger partial charge in [-0.2, -0.15) is 5.10 Å². The molecule has 0 saturated heterocycles. The Morgan fingerprint density at radius 3 is 2.68 bits per heavy atom. The van der Waals surface area contributed by atoms with E-state index < -0.39 is 11.6 Å². The van der Waals surface area contributed by atoms with Crippen LogP contribution in [0.1, 0.15) is 24.4 Å². The van der Waals surface area contributed by atoms with Gasteiger partial charge >= 0.3 is 0 Å². The molecule has 0 fully saturated rings. The van der Waals surface area contributed by atoms with Gasteiger partial charge in [-0.05, 0) is 24.2 Å². The average Bonchev–Trinajstić information content (AvgIpc) is 2.78. The summed E-state index contributed by atoms with van der Waals surface area (Å²) in [6.45, 7) is 2.69. The summed E-state index contributed by atoms with van der Waals surface area (Å²) in [5.41, 5.74) is 0.698. The van der Waals surface area contributed by atoms with Crippen LogP contribution in [-0.2, 0) is 13.5 Å². The third kappa shape index (κ3) is 3.14. The molecule has 0 aliphatic carbocycles. The van der Waals surface area contributed by atoms with Crippen molar-refractivity contribution in [2.75, 3.05) is 6.54 Å². The van der Waals surface area contributed by atoms with Crippen LogP contribution in [0.15, 0.2) is 24.5 Å². The van der Waals surface area contributed by atoms with Crippen molar-refractivity contribution >= 4 is 0 Å². The maximum Gasteiger partial charge on any atom is 0.159 e. The number of benzene rings is 1. The minimum absolute atomic E-state index is 0.122. The van der Waals surface area contributed by atoms with E-state index in [0.717, 1.165) is 18.4 Å². The summed E-state index contributed by atoms with van der Waals surface area (Å²) in [5.74, 6) is -0.883. The highest BCUT2D eigenvalue weighted by molar-refractivity contribution is 5.22. The van der Waals surface area contributed by atoms with Gasteiger partial charge in [-0.15, -0.1) is 0 Å². The van der Waals surface area contributed by atoms with Crippen LogP contribution in [0.2, 0.25) is 0 Å². The Kier molecular flexibility index (Phi) is 4.21. The Hall–Kier alpha value is -1.82. The van der Waals surface area contributed by atoms with Crippen molar-refractivity contribution in [3.05, 3.63) is 47.5 Å². The number of likely N-dealkylation sites (N-methyl/N-ethyl adjacent to an activating group) is 1. The highest BCUT2D eigenvalue weighted by Crippen LogP contribution is 2.19. The number of halogens is 2. The molecule has 1 aromatic carbocycles. The van der Waals surface area contributed by atoms with Crippen LogP contribution >= 0.6 is 0 Å². The van der Waals surface area contributed by atoms with Crippen molar-refractivity contribution in [1.82, 2.24) is 20.1 Å². The van der Waals surface area contributed by atoms with E-state index in [4.69, 9.17) is 0 Å². The van der Waals surface area contributed by atoms with Crippen molar-refractivity contribution in [3.63, 3.8) is 0 Å². The van der Waals surface area contributed by atoms with Gasteiger partial charge in [0.1, 0.15) is 12.2 Å². The predicted octanol–water partition coefficient (Wildman–Crippen LogP) is 1.99. The molecule has 1 aromatic heterocycles. The predicted molar refractivity (Wildman–Crippen MR) is 67.5 cm³/mol. The molecule has 0 spiro atoms. The van der Waals surface area contributed by atoms with Gasteiger partial charge in [0.25, 0.3) is 0 Å². The number of aromatic nitrogens is 3. The topological polar surface area (TPSA) is 42.7 Å². The highest BCUT2D eigenvalue weighted by atomic mass is 19.2. The summed E-state index contributed by atoms with van der Waals surface area (Å²) in [6, 6.07) is 3.83. The lowest BCUT2D eigenvalue weighted by Gasteiger charge is -2.18. The molecule has 2 aromatic rings. The second-order valence-corrected chi connectivity index (χ2v) is 4.29. The third-order valence-corrected chi connectivity index (χ3v) is 2.99. The van der Waals surface area contributed by atoms with Gasteiger partial charge in [0.15, 0.2) is 11.6 Å². The molecular formula is C13H16F2N4. The number of aryl methyl sites for hydroxylation is 1. The lowest BCUT2D eigenvalue weighted by molar-refractivity contribution is 0.491. The van der Waals surface area contributed by atoms with Crippen LogP contribution in [0.5, 0.6) is 0 Å². The Morgan fingerprint density at radius 1 is 1.32 bits per heavy atom. The minimum atomic E-state index is -0.836. The molecule has 4 nitrogen and oxygen atoms in total. The quantitative estimate of drug-likeness (QED) is 0.900. The van der Waals surface area contributed by atoms with E-state index in [1.54, 1.807) is 17.8 Å². The Balaban J connectivity index is 2.24. The summed E-state index contributed by atoms with van der Waals surface area (Å²) in [5, 5.41) is 7.24. The first kappa shape index (κ1) is 13.6. The Labute approximate surface area is 110 Å². The lowest BCUT2D eigenvalue weighted by atomic mass is 10.0. The molecule has 0 aliphatic heterocycles. The second kappa shape index (κ2) is 5.88.